The predicted molar refractivity (Wildman–Crippen MR) is 94.3 cm³/mol. The number of fused-ring (bicyclic) bond motifs is 1. The number of hydrogen-bond donors (Lipinski definition) is 2. The van der Waals surface area contributed by atoms with E-state index in [2.05, 4.69) is 22.6 Å². The molecule has 0 amide bonds. The van der Waals surface area contributed by atoms with Crippen LogP contribution in [0.15, 0.2) is 60.2 Å². The molecule has 1 aromatic carbocycles. The zero-order valence-corrected chi connectivity index (χ0v) is 13.1. The lowest BCUT2D eigenvalue weighted by molar-refractivity contribution is 0.285. The minimum Gasteiger partial charge on any atom is -0.399 e. The highest BCUT2D eigenvalue weighted by Crippen LogP contribution is 2.27. The number of thiophene rings is 1. The average molecular weight is 321 g/mol. The topological polar surface area (TPSA) is 63.5 Å². The molecule has 3 aromatic heterocycles. The summed E-state index contributed by atoms with van der Waals surface area (Å²) in [6.45, 7) is 0.0809. The summed E-state index contributed by atoms with van der Waals surface area (Å²) in [6.07, 6.45) is 4.06. The van der Waals surface area contributed by atoms with Crippen LogP contribution in [0.1, 0.15) is 4.88 Å². The van der Waals surface area contributed by atoms with E-state index in [9.17, 15) is 5.11 Å². The van der Waals surface area contributed by atoms with E-state index in [1.165, 1.54) is 0 Å². The van der Waals surface area contributed by atoms with Crippen LogP contribution in [0.2, 0.25) is 0 Å². The van der Waals surface area contributed by atoms with Crippen molar-refractivity contribution >= 4 is 22.7 Å². The number of benzene rings is 1. The first-order valence-corrected chi connectivity index (χ1v) is 8.14. The quantitative estimate of drug-likeness (QED) is 0.564. The zero-order valence-electron chi connectivity index (χ0n) is 12.3. The minimum atomic E-state index is 0.0809. The van der Waals surface area contributed by atoms with Crippen molar-refractivity contribution < 1.29 is 5.11 Å². The number of pyridine rings is 1. The average Bonchev–Trinajstić information content (AvgIpc) is 3.20. The lowest BCUT2D eigenvalue weighted by atomic mass is 10.1. The number of imidazole rings is 1. The van der Waals surface area contributed by atoms with Gasteiger partial charge >= 0.3 is 0 Å². The normalized spacial score (nSPS) is 11.2. The van der Waals surface area contributed by atoms with E-state index in [-0.39, 0.29) is 6.61 Å². The number of nitrogen functional groups attached to an aromatic ring is 1. The van der Waals surface area contributed by atoms with Crippen molar-refractivity contribution in [1.29, 1.82) is 0 Å². The molecule has 3 N–H and O–H groups in total. The van der Waals surface area contributed by atoms with Gasteiger partial charge in [-0.3, -0.25) is 0 Å². The lowest BCUT2D eigenvalue weighted by Gasteiger charge is -1.99. The summed E-state index contributed by atoms with van der Waals surface area (Å²) in [5, 5.41) is 11.3. The summed E-state index contributed by atoms with van der Waals surface area (Å²) in [5.74, 6) is 0. The number of hydrogen-bond acceptors (Lipinski definition) is 4. The van der Waals surface area contributed by atoms with Gasteiger partial charge in [0.25, 0.3) is 0 Å². The number of anilines is 1. The van der Waals surface area contributed by atoms with Crippen molar-refractivity contribution in [3.05, 3.63) is 65.1 Å². The third-order valence-electron chi connectivity index (χ3n) is 3.78. The highest BCUT2D eigenvalue weighted by Gasteiger charge is 2.07. The van der Waals surface area contributed by atoms with E-state index in [4.69, 9.17) is 5.73 Å². The summed E-state index contributed by atoms with van der Waals surface area (Å²) >= 11 is 1.56. The maximum absolute atomic E-state index is 9.21. The summed E-state index contributed by atoms with van der Waals surface area (Å²) in [4.78, 5) is 5.61. The van der Waals surface area contributed by atoms with Gasteiger partial charge in [0.05, 0.1) is 12.3 Å². The van der Waals surface area contributed by atoms with Crippen LogP contribution in [0.25, 0.3) is 28.0 Å². The number of rotatable bonds is 3. The Balaban J connectivity index is 1.77. The van der Waals surface area contributed by atoms with E-state index < -0.39 is 0 Å². The number of nitrogens with zero attached hydrogens (tertiary/aromatic N) is 2. The second kappa shape index (κ2) is 5.53. The highest BCUT2D eigenvalue weighted by molar-refractivity contribution is 7.10. The molecule has 0 aliphatic carbocycles. The molecule has 114 valence electrons. The van der Waals surface area contributed by atoms with Crippen molar-refractivity contribution in [3.8, 4) is 22.4 Å². The minimum absolute atomic E-state index is 0.0809. The fourth-order valence-corrected chi connectivity index (χ4v) is 3.37. The SMILES string of the molecule is Nc1cccc(-c2cn3cc(-c4csc(CO)c4)ccc3n2)c1. The zero-order chi connectivity index (χ0) is 15.8. The Bertz CT molecular complexity index is 987. The molecule has 0 unspecified atom stereocenters. The van der Waals surface area contributed by atoms with Crippen LogP contribution < -0.4 is 5.73 Å². The third kappa shape index (κ3) is 2.60. The second-order valence-electron chi connectivity index (χ2n) is 5.39. The molecule has 23 heavy (non-hydrogen) atoms. The van der Waals surface area contributed by atoms with Gasteiger partial charge in [-0.15, -0.1) is 11.3 Å². The molecule has 0 atom stereocenters. The Morgan fingerprint density at radius 2 is 1.96 bits per heavy atom. The summed E-state index contributed by atoms with van der Waals surface area (Å²) in [6, 6.07) is 13.8. The van der Waals surface area contributed by atoms with Gasteiger partial charge in [-0.2, -0.15) is 0 Å². The van der Waals surface area contributed by atoms with Crippen molar-refractivity contribution in [2.75, 3.05) is 5.73 Å². The standard InChI is InChI=1S/C18H15N3OS/c19-15-3-1-2-12(6-15)17-9-21-8-13(4-5-18(21)20-17)14-7-16(10-22)23-11-14/h1-9,11,22H,10,19H2. The highest BCUT2D eigenvalue weighted by atomic mass is 32.1. The molecule has 5 heteroatoms. The number of aliphatic hydroxyl groups excluding tert-OH is 1. The summed E-state index contributed by atoms with van der Waals surface area (Å²) in [5.41, 5.74) is 11.6. The summed E-state index contributed by atoms with van der Waals surface area (Å²) < 4.78 is 2.02. The fourth-order valence-electron chi connectivity index (χ4n) is 2.61. The molecule has 4 rings (SSSR count). The smallest absolute Gasteiger partial charge is 0.137 e. The van der Waals surface area contributed by atoms with Crippen LogP contribution in [-0.2, 0) is 6.61 Å². The molecule has 0 saturated heterocycles. The lowest BCUT2D eigenvalue weighted by Crippen LogP contribution is -1.84. The van der Waals surface area contributed by atoms with Crippen molar-refractivity contribution in [3.63, 3.8) is 0 Å². The Morgan fingerprint density at radius 3 is 2.74 bits per heavy atom. The first kappa shape index (κ1) is 14.0. The maximum Gasteiger partial charge on any atom is 0.137 e. The molecule has 0 spiro atoms. The van der Waals surface area contributed by atoms with Crippen LogP contribution in [0.4, 0.5) is 5.69 Å². The maximum atomic E-state index is 9.21. The van der Waals surface area contributed by atoms with Gasteiger partial charge in [-0.05, 0) is 46.8 Å². The van der Waals surface area contributed by atoms with E-state index in [1.807, 2.05) is 47.0 Å². The van der Waals surface area contributed by atoms with Gasteiger partial charge in [0.2, 0.25) is 0 Å². The van der Waals surface area contributed by atoms with E-state index in [0.29, 0.717) is 0 Å². The molecule has 0 fully saturated rings. The Labute approximate surface area is 137 Å². The van der Waals surface area contributed by atoms with Crippen LogP contribution in [0.3, 0.4) is 0 Å². The Hall–Kier alpha value is -2.63. The Kier molecular flexibility index (Phi) is 3.37. The van der Waals surface area contributed by atoms with Gasteiger partial charge in [0.15, 0.2) is 0 Å². The molecule has 0 radical (unpaired) electrons. The van der Waals surface area contributed by atoms with E-state index in [1.54, 1.807) is 11.3 Å². The van der Waals surface area contributed by atoms with Crippen molar-refractivity contribution in [2.24, 2.45) is 0 Å². The first-order chi connectivity index (χ1) is 11.2. The van der Waals surface area contributed by atoms with Gasteiger partial charge < -0.3 is 15.2 Å². The molecule has 4 aromatic rings. The van der Waals surface area contributed by atoms with Crippen LogP contribution in [0, 0.1) is 0 Å². The fraction of sp³-hybridized carbons (Fsp3) is 0.0556. The van der Waals surface area contributed by atoms with Crippen LogP contribution in [-0.4, -0.2) is 14.5 Å². The predicted octanol–water partition coefficient (Wildman–Crippen LogP) is 3.80. The molecule has 0 bridgehead atoms. The molecular formula is C18H15N3OS. The molecule has 0 saturated carbocycles. The first-order valence-electron chi connectivity index (χ1n) is 7.26. The van der Waals surface area contributed by atoms with Gasteiger partial charge in [-0.1, -0.05) is 12.1 Å². The molecular weight excluding hydrogens is 306 g/mol. The van der Waals surface area contributed by atoms with Gasteiger partial charge in [0, 0.05) is 28.5 Å². The summed E-state index contributed by atoms with van der Waals surface area (Å²) in [7, 11) is 0. The van der Waals surface area contributed by atoms with Gasteiger partial charge in [-0.25, -0.2) is 4.98 Å². The second-order valence-corrected chi connectivity index (χ2v) is 6.39. The van der Waals surface area contributed by atoms with Crippen LogP contribution >= 0.6 is 11.3 Å². The molecule has 0 aliphatic heterocycles. The Morgan fingerprint density at radius 1 is 1.04 bits per heavy atom. The third-order valence-corrected chi connectivity index (χ3v) is 4.70. The van der Waals surface area contributed by atoms with Crippen molar-refractivity contribution in [1.82, 2.24) is 9.38 Å². The number of aromatic nitrogens is 2. The monoisotopic (exact) mass is 321 g/mol. The molecule has 4 nitrogen and oxygen atoms in total. The van der Waals surface area contributed by atoms with Crippen molar-refractivity contribution in [2.45, 2.75) is 6.61 Å². The molecule has 3 heterocycles. The van der Waals surface area contributed by atoms with E-state index >= 15 is 0 Å². The molecule has 0 aliphatic rings. The van der Waals surface area contributed by atoms with Crippen LogP contribution in [0.5, 0.6) is 0 Å². The largest absolute Gasteiger partial charge is 0.399 e. The number of nitrogens with two attached hydrogens (primary N) is 1. The number of aliphatic hydroxyl groups is 1. The van der Waals surface area contributed by atoms with E-state index in [0.717, 1.165) is 38.6 Å². The van der Waals surface area contributed by atoms with Gasteiger partial charge in [0.1, 0.15) is 5.65 Å².